The minimum atomic E-state index is -4.72. The van der Waals surface area contributed by atoms with Crippen molar-refractivity contribution in [3.05, 3.63) is 25.3 Å². The average molecular weight is 260 g/mol. The highest BCUT2D eigenvalue weighted by atomic mass is 31.2. The molecular weight excluding hydrogens is 247 g/mol. The van der Waals surface area contributed by atoms with E-state index in [0.29, 0.717) is 0 Å². The Bertz CT molecular complexity index is 416. The van der Waals surface area contributed by atoms with Gasteiger partial charge in [-0.3, -0.25) is 19.2 Å². The Morgan fingerprint density at radius 1 is 1.24 bits per heavy atom. The average Bonchev–Trinajstić information content (AvgIpc) is 2.43. The smallest absolute Gasteiger partial charge is 0.323 e. The largest absolute Gasteiger partial charge is 0.357 e. The van der Waals surface area contributed by atoms with Crippen molar-refractivity contribution in [1.29, 1.82) is 0 Å². The van der Waals surface area contributed by atoms with E-state index in [1.165, 1.54) is 12.2 Å². The van der Waals surface area contributed by atoms with Gasteiger partial charge < -0.3 is 9.79 Å². The molecule has 94 valence electrons. The third-order valence-electron chi connectivity index (χ3n) is 2.21. The van der Waals surface area contributed by atoms with Gasteiger partial charge in [-0.05, 0) is 0 Å². The van der Waals surface area contributed by atoms with E-state index >= 15 is 0 Å². The zero-order chi connectivity index (χ0) is 13.2. The molecule has 1 fully saturated rings. The third-order valence-corrected chi connectivity index (χ3v) is 3.35. The van der Waals surface area contributed by atoms with Gasteiger partial charge in [0.25, 0.3) is 5.91 Å². The van der Waals surface area contributed by atoms with Crippen LogP contribution in [0.1, 0.15) is 0 Å². The fourth-order valence-corrected chi connectivity index (χ4v) is 2.55. The van der Waals surface area contributed by atoms with Gasteiger partial charge in [0.15, 0.2) is 0 Å². The molecule has 1 saturated heterocycles. The number of hydrogen-bond acceptors (Lipinski definition) is 3. The Morgan fingerprint density at radius 2 is 1.76 bits per heavy atom. The van der Waals surface area contributed by atoms with Crippen LogP contribution in [0.5, 0.6) is 0 Å². The summed E-state index contributed by atoms with van der Waals surface area (Å²) in [6.07, 6.45) is 2.61. The Kier molecular flexibility index (Phi) is 3.87. The van der Waals surface area contributed by atoms with Crippen LogP contribution < -0.4 is 0 Å². The van der Waals surface area contributed by atoms with Gasteiger partial charge >= 0.3 is 13.6 Å². The molecule has 7 nitrogen and oxygen atoms in total. The number of amides is 3. The molecule has 0 aromatic carbocycles. The molecule has 17 heavy (non-hydrogen) atoms. The highest BCUT2D eigenvalue weighted by Crippen LogP contribution is 2.46. The van der Waals surface area contributed by atoms with Crippen LogP contribution in [0.15, 0.2) is 25.3 Å². The molecule has 0 spiro atoms. The quantitative estimate of drug-likeness (QED) is 0.416. The van der Waals surface area contributed by atoms with Crippen LogP contribution in [-0.4, -0.2) is 50.4 Å². The van der Waals surface area contributed by atoms with E-state index in [0.717, 1.165) is 9.80 Å². The lowest BCUT2D eigenvalue weighted by atomic mass is 10.5. The maximum atomic E-state index is 11.7. The molecule has 1 unspecified atom stereocenters. The van der Waals surface area contributed by atoms with Crippen LogP contribution in [0.3, 0.4) is 0 Å². The minimum absolute atomic E-state index is 0.0815. The summed E-state index contributed by atoms with van der Waals surface area (Å²) in [5.41, 5.74) is 0. The van der Waals surface area contributed by atoms with E-state index in [1.807, 2.05) is 0 Å². The van der Waals surface area contributed by atoms with Gasteiger partial charge in [0, 0.05) is 13.1 Å². The normalized spacial score (nSPS) is 20.9. The number of nitrogens with zero attached hydrogens (tertiary/aromatic N) is 2. The van der Waals surface area contributed by atoms with Gasteiger partial charge in [-0.1, -0.05) is 12.2 Å². The van der Waals surface area contributed by atoms with Gasteiger partial charge in [-0.25, -0.2) is 4.79 Å². The number of carbonyl (C=O) groups is 2. The number of rotatable bonds is 5. The lowest BCUT2D eigenvalue weighted by molar-refractivity contribution is -0.126. The number of imide groups is 1. The molecule has 0 radical (unpaired) electrons. The van der Waals surface area contributed by atoms with Crippen LogP contribution in [0.2, 0.25) is 0 Å². The molecule has 0 aromatic rings. The van der Waals surface area contributed by atoms with Crippen molar-refractivity contribution in [2.45, 2.75) is 5.78 Å². The zero-order valence-electron chi connectivity index (χ0n) is 9.02. The van der Waals surface area contributed by atoms with Crippen LogP contribution in [0, 0.1) is 0 Å². The molecule has 0 saturated carbocycles. The molecular formula is C9H13N2O5P. The highest BCUT2D eigenvalue weighted by molar-refractivity contribution is 7.53. The first-order valence-corrected chi connectivity index (χ1v) is 6.41. The molecule has 1 aliphatic heterocycles. The zero-order valence-corrected chi connectivity index (χ0v) is 9.92. The molecule has 2 N–H and O–H groups in total. The monoisotopic (exact) mass is 260 g/mol. The SMILES string of the molecule is C=CCN1C(=O)C(P(=O)(O)O)N(CC=C)C1=O. The lowest BCUT2D eigenvalue weighted by Crippen LogP contribution is -2.35. The predicted molar refractivity (Wildman–Crippen MR) is 60.0 cm³/mol. The van der Waals surface area contributed by atoms with Gasteiger partial charge in [0.1, 0.15) is 0 Å². The molecule has 0 aliphatic carbocycles. The molecule has 1 atom stereocenters. The van der Waals surface area contributed by atoms with E-state index in [2.05, 4.69) is 13.2 Å². The topological polar surface area (TPSA) is 98.2 Å². The predicted octanol–water partition coefficient (Wildman–Crippen LogP) is 0.126. The summed E-state index contributed by atoms with van der Waals surface area (Å²) in [6, 6.07) is -0.747. The van der Waals surface area contributed by atoms with Crippen molar-refractivity contribution in [2.75, 3.05) is 13.1 Å². The minimum Gasteiger partial charge on any atom is -0.323 e. The van der Waals surface area contributed by atoms with Gasteiger partial charge in [-0.15, -0.1) is 13.2 Å². The second-order valence-electron chi connectivity index (χ2n) is 3.42. The molecule has 8 heteroatoms. The summed E-state index contributed by atoms with van der Waals surface area (Å²) in [5.74, 6) is -2.67. The highest BCUT2D eigenvalue weighted by Gasteiger charge is 2.52. The summed E-state index contributed by atoms with van der Waals surface area (Å²) in [6.45, 7) is 6.56. The van der Waals surface area contributed by atoms with Crippen molar-refractivity contribution in [3.63, 3.8) is 0 Å². The summed E-state index contributed by atoms with van der Waals surface area (Å²) in [7, 11) is -4.72. The Balaban J connectivity index is 3.13. The molecule has 3 amide bonds. The summed E-state index contributed by atoms with van der Waals surface area (Å²) < 4.78 is 11.2. The van der Waals surface area contributed by atoms with Crippen LogP contribution >= 0.6 is 7.60 Å². The first-order valence-electron chi connectivity index (χ1n) is 4.73. The van der Waals surface area contributed by atoms with E-state index in [4.69, 9.17) is 9.79 Å². The number of urea groups is 1. The Morgan fingerprint density at radius 3 is 2.18 bits per heavy atom. The summed E-state index contributed by atoms with van der Waals surface area (Å²) >= 11 is 0. The van der Waals surface area contributed by atoms with Gasteiger partial charge in [0.05, 0.1) is 0 Å². The van der Waals surface area contributed by atoms with Crippen molar-refractivity contribution in [1.82, 2.24) is 9.80 Å². The molecule has 0 aromatic heterocycles. The van der Waals surface area contributed by atoms with Gasteiger partial charge in [-0.2, -0.15) is 0 Å². The molecule has 1 heterocycles. The van der Waals surface area contributed by atoms with Crippen molar-refractivity contribution in [3.8, 4) is 0 Å². The first kappa shape index (κ1) is 13.6. The number of carbonyl (C=O) groups excluding carboxylic acids is 2. The fraction of sp³-hybridized carbons (Fsp3) is 0.333. The second kappa shape index (κ2) is 4.83. The Labute approximate surface area is 98.2 Å². The second-order valence-corrected chi connectivity index (χ2v) is 5.09. The first-order chi connectivity index (χ1) is 7.84. The van der Waals surface area contributed by atoms with E-state index in [1.54, 1.807) is 0 Å². The van der Waals surface area contributed by atoms with Crippen LogP contribution in [-0.2, 0) is 9.36 Å². The van der Waals surface area contributed by atoms with Crippen LogP contribution in [0.4, 0.5) is 4.79 Å². The van der Waals surface area contributed by atoms with Crippen molar-refractivity contribution >= 4 is 19.5 Å². The Hall–Kier alpha value is -1.43. The summed E-state index contributed by atoms with van der Waals surface area (Å²) in [4.78, 5) is 43.2. The molecule has 1 rings (SSSR count). The maximum absolute atomic E-state index is 11.7. The molecule has 1 aliphatic rings. The van der Waals surface area contributed by atoms with E-state index < -0.39 is 25.3 Å². The molecule has 0 bridgehead atoms. The number of hydrogen-bond donors (Lipinski definition) is 2. The van der Waals surface area contributed by atoms with Crippen molar-refractivity contribution in [2.24, 2.45) is 0 Å². The fourth-order valence-electron chi connectivity index (χ4n) is 1.57. The summed E-state index contributed by atoms with van der Waals surface area (Å²) in [5, 5.41) is 0. The van der Waals surface area contributed by atoms with Crippen LogP contribution in [0.25, 0.3) is 0 Å². The van der Waals surface area contributed by atoms with Gasteiger partial charge in [0.2, 0.25) is 5.78 Å². The van der Waals surface area contributed by atoms with E-state index in [-0.39, 0.29) is 13.1 Å². The van der Waals surface area contributed by atoms with E-state index in [9.17, 15) is 14.2 Å². The maximum Gasteiger partial charge on any atom is 0.357 e. The lowest BCUT2D eigenvalue weighted by Gasteiger charge is -2.20. The third kappa shape index (κ3) is 2.46. The standard InChI is InChI=1S/C9H13N2O5P/c1-3-5-10-7(12)8(17(14,15)16)11(6-4-2)9(10)13/h3-4,8H,1-2,5-6H2,(H2,14,15,16). The van der Waals surface area contributed by atoms with Crippen molar-refractivity contribution < 1.29 is 23.9 Å².